The fourth-order valence-electron chi connectivity index (χ4n) is 2.49. The molecule has 3 rings (SSSR count). The van der Waals surface area contributed by atoms with Crippen LogP contribution in [0.3, 0.4) is 0 Å². The molecule has 1 aromatic carbocycles. The van der Waals surface area contributed by atoms with Gasteiger partial charge in [-0.25, -0.2) is 0 Å². The first-order chi connectivity index (χ1) is 9.56. The zero-order valence-corrected chi connectivity index (χ0v) is 13.6. The summed E-state index contributed by atoms with van der Waals surface area (Å²) in [6.07, 6.45) is 2.37. The van der Waals surface area contributed by atoms with E-state index >= 15 is 0 Å². The summed E-state index contributed by atoms with van der Waals surface area (Å²) in [6, 6.07) is 5.09. The van der Waals surface area contributed by atoms with Crippen LogP contribution in [0.2, 0.25) is 5.02 Å². The molecular weight excluding hydrogens is 391 g/mol. The lowest BCUT2D eigenvalue weighted by molar-refractivity contribution is -0.126. The van der Waals surface area contributed by atoms with E-state index in [1.54, 1.807) is 11.0 Å². The minimum Gasteiger partial charge on any atom is -0.344 e. The van der Waals surface area contributed by atoms with E-state index in [4.69, 9.17) is 11.6 Å². The molecule has 0 bridgehead atoms. The molecule has 1 heterocycles. The van der Waals surface area contributed by atoms with Gasteiger partial charge in [-0.05, 0) is 59.5 Å². The van der Waals surface area contributed by atoms with Gasteiger partial charge in [0.2, 0.25) is 11.8 Å². The number of anilines is 1. The molecule has 2 fully saturated rings. The Kier molecular flexibility index (Phi) is 3.90. The Morgan fingerprint density at radius 1 is 1.30 bits per heavy atom. The van der Waals surface area contributed by atoms with E-state index < -0.39 is 0 Å². The van der Waals surface area contributed by atoms with E-state index in [0.717, 1.165) is 22.1 Å². The molecule has 1 aliphatic carbocycles. The van der Waals surface area contributed by atoms with Crippen LogP contribution in [0.25, 0.3) is 0 Å². The number of nitrogens with zero attached hydrogens (tertiary/aromatic N) is 1. The zero-order valence-electron chi connectivity index (χ0n) is 10.7. The van der Waals surface area contributed by atoms with Crippen molar-refractivity contribution in [1.82, 2.24) is 5.32 Å². The van der Waals surface area contributed by atoms with Gasteiger partial charge in [-0.1, -0.05) is 11.6 Å². The topological polar surface area (TPSA) is 49.4 Å². The molecule has 106 valence electrons. The smallest absolute Gasteiger partial charge is 0.249 e. The van der Waals surface area contributed by atoms with Gasteiger partial charge in [-0.15, -0.1) is 0 Å². The highest BCUT2D eigenvalue weighted by Gasteiger charge is 2.41. The summed E-state index contributed by atoms with van der Waals surface area (Å²) >= 11 is 8.13. The molecule has 0 aromatic heterocycles. The van der Waals surface area contributed by atoms with Crippen LogP contribution in [0.4, 0.5) is 5.69 Å². The number of benzene rings is 1. The van der Waals surface area contributed by atoms with Gasteiger partial charge in [-0.3, -0.25) is 9.59 Å². The second-order valence-electron chi connectivity index (χ2n) is 5.22. The molecule has 1 aliphatic heterocycles. The molecule has 0 radical (unpaired) electrons. The Hall–Kier alpha value is -0.820. The normalized spacial score (nSPS) is 23.5. The van der Waals surface area contributed by atoms with Crippen molar-refractivity contribution in [2.24, 2.45) is 5.92 Å². The number of carbonyl (C=O) groups is 2. The third kappa shape index (κ3) is 2.79. The molecule has 2 amide bonds. The maximum Gasteiger partial charge on any atom is 0.249 e. The van der Waals surface area contributed by atoms with E-state index in [1.165, 1.54) is 0 Å². The second-order valence-corrected chi connectivity index (χ2v) is 6.82. The Labute approximate surface area is 136 Å². The SMILES string of the molecule is O=C1CCN(c2ccc(Cl)cc2I)C(=O)C(C2CC2)N1. The van der Waals surface area contributed by atoms with Gasteiger partial charge in [0, 0.05) is 21.6 Å². The lowest BCUT2D eigenvalue weighted by atomic mass is 10.1. The zero-order chi connectivity index (χ0) is 14.3. The van der Waals surface area contributed by atoms with Crippen molar-refractivity contribution in [2.75, 3.05) is 11.4 Å². The molecule has 1 atom stereocenters. The summed E-state index contributed by atoms with van der Waals surface area (Å²) in [4.78, 5) is 26.2. The summed E-state index contributed by atoms with van der Waals surface area (Å²) in [6.45, 7) is 0.422. The minimum absolute atomic E-state index is 0.00131. The molecule has 4 nitrogen and oxygen atoms in total. The monoisotopic (exact) mass is 404 g/mol. The van der Waals surface area contributed by atoms with Crippen molar-refractivity contribution in [2.45, 2.75) is 25.3 Å². The van der Waals surface area contributed by atoms with Crippen LogP contribution in [0, 0.1) is 9.49 Å². The van der Waals surface area contributed by atoms with Crippen molar-refractivity contribution < 1.29 is 9.59 Å². The molecule has 1 unspecified atom stereocenters. The Bertz CT molecular complexity index is 574. The number of halogens is 2. The highest BCUT2D eigenvalue weighted by molar-refractivity contribution is 14.1. The third-order valence-electron chi connectivity index (χ3n) is 3.70. The number of hydrogen-bond donors (Lipinski definition) is 1. The van der Waals surface area contributed by atoms with Gasteiger partial charge in [-0.2, -0.15) is 0 Å². The summed E-state index contributed by atoms with van der Waals surface area (Å²) in [5.41, 5.74) is 0.835. The first-order valence-corrected chi connectivity index (χ1v) is 8.08. The fourth-order valence-corrected chi connectivity index (χ4v) is 3.65. The quantitative estimate of drug-likeness (QED) is 0.770. The number of carbonyl (C=O) groups excluding carboxylic acids is 2. The molecular formula is C14H14ClIN2O2. The molecule has 0 spiro atoms. The van der Waals surface area contributed by atoms with Crippen molar-refractivity contribution in [3.05, 3.63) is 26.8 Å². The van der Waals surface area contributed by atoms with Crippen molar-refractivity contribution >= 4 is 51.7 Å². The number of amides is 2. The fraction of sp³-hybridized carbons (Fsp3) is 0.429. The summed E-state index contributed by atoms with van der Waals surface area (Å²) in [7, 11) is 0. The van der Waals surface area contributed by atoms with Crippen LogP contribution >= 0.6 is 34.2 Å². The summed E-state index contributed by atoms with van der Waals surface area (Å²) in [5.74, 6) is 0.261. The Morgan fingerprint density at radius 2 is 2.05 bits per heavy atom. The maximum absolute atomic E-state index is 12.7. The number of hydrogen-bond acceptors (Lipinski definition) is 2. The molecule has 6 heteroatoms. The van der Waals surface area contributed by atoms with Crippen LogP contribution in [0.15, 0.2) is 18.2 Å². The number of nitrogens with one attached hydrogen (secondary N) is 1. The van der Waals surface area contributed by atoms with Crippen LogP contribution in [-0.4, -0.2) is 24.4 Å². The average Bonchev–Trinajstić information content (AvgIpc) is 3.21. The Morgan fingerprint density at radius 3 is 2.70 bits per heavy atom. The van der Waals surface area contributed by atoms with Crippen molar-refractivity contribution in [3.63, 3.8) is 0 Å². The molecule has 1 saturated carbocycles. The minimum atomic E-state index is -0.364. The molecule has 1 N–H and O–H groups in total. The second kappa shape index (κ2) is 5.52. The van der Waals surface area contributed by atoms with Gasteiger partial charge in [0.25, 0.3) is 0 Å². The highest BCUT2D eigenvalue weighted by atomic mass is 127. The highest BCUT2D eigenvalue weighted by Crippen LogP contribution is 2.36. The Balaban J connectivity index is 1.93. The average molecular weight is 405 g/mol. The lowest BCUT2D eigenvalue weighted by Crippen LogP contribution is -2.46. The molecule has 1 saturated heterocycles. The van der Waals surface area contributed by atoms with Crippen LogP contribution in [-0.2, 0) is 9.59 Å². The summed E-state index contributed by atoms with van der Waals surface area (Å²) in [5, 5.41) is 3.51. The standard InChI is InChI=1S/C14H14ClIN2O2/c15-9-3-4-11(10(16)7-9)18-6-5-12(19)17-13(14(18)20)8-1-2-8/h3-4,7-8,13H,1-2,5-6H2,(H,17,19). The number of rotatable bonds is 2. The molecule has 20 heavy (non-hydrogen) atoms. The third-order valence-corrected chi connectivity index (χ3v) is 4.80. The van der Waals surface area contributed by atoms with E-state index in [9.17, 15) is 9.59 Å². The maximum atomic E-state index is 12.7. The first kappa shape index (κ1) is 14.1. The largest absolute Gasteiger partial charge is 0.344 e. The molecule has 2 aliphatic rings. The van der Waals surface area contributed by atoms with Gasteiger partial charge in [0.15, 0.2) is 0 Å². The van der Waals surface area contributed by atoms with E-state index in [2.05, 4.69) is 27.9 Å². The van der Waals surface area contributed by atoms with E-state index in [0.29, 0.717) is 23.9 Å². The molecule has 1 aromatic rings. The van der Waals surface area contributed by atoms with Crippen molar-refractivity contribution in [1.29, 1.82) is 0 Å². The van der Waals surface area contributed by atoms with Gasteiger partial charge < -0.3 is 10.2 Å². The van der Waals surface area contributed by atoms with Gasteiger partial charge in [0.1, 0.15) is 6.04 Å². The van der Waals surface area contributed by atoms with Crippen LogP contribution < -0.4 is 10.2 Å². The first-order valence-electron chi connectivity index (χ1n) is 6.62. The lowest BCUT2D eigenvalue weighted by Gasteiger charge is -2.25. The van der Waals surface area contributed by atoms with Crippen molar-refractivity contribution in [3.8, 4) is 0 Å². The van der Waals surface area contributed by atoms with Gasteiger partial charge >= 0.3 is 0 Å². The summed E-state index contributed by atoms with van der Waals surface area (Å²) < 4.78 is 0.923. The predicted molar refractivity (Wildman–Crippen MR) is 85.8 cm³/mol. The van der Waals surface area contributed by atoms with E-state index in [-0.39, 0.29) is 17.9 Å². The predicted octanol–water partition coefficient (Wildman–Crippen LogP) is 2.58. The van der Waals surface area contributed by atoms with E-state index in [1.807, 2.05) is 12.1 Å². The van der Waals surface area contributed by atoms with Crippen LogP contribution in [0.5, 0.6) is 0 Å². The van der Waals surface area contributed by atoms with Gasteiger partial charge in [0.05, 0.1) is 5.69 Å². The van der Waals surface area contributed by atoms with Crippen LogP contribution in [0.1, 0.15) is 19.3 Å².